The van der Waals surface area contributed by atoms with E-state index in [2.05, 4.69) is 40.5 Å². The molecule has 36 heavy (non-hydrogen) atoms. The van der Waals surface area contributed by atoms with Gasteiger partial charge in [0.2, 0.25) is 0 Å². The van der Waals surface area contributed by atoms with Crippen LogP contribution in [0.5, 0.6) is 11.5 Å². The lowest BCUT2D eigenvalue weighted by molar-refractivity contribution is 0.215. The average Bonchev–Trinajstić information content (AvgIpc) is 3.17. The Hall–Kier alpha value is -3.69. The number of fused-ring (bicyclic) bond motifs is 1. The first-order valence-electron chi connectivity index (χ1n) is 11.6. The molecule has 8 nitrogen and oxygen atoms in total. The molecule has 0 saturated carbocycles. The third kappa shape index (κ3) is 6.30. The first-order chi connectivity index (χ1) is 17.3. The summed E-state index contributed by atoms with van der Waals surface area (Å²) >= 11 is 1.77. The van der Waals surface area contributed by atoms with E-state index >= 15 is 0 Å². The quantitative estimate of drug-likeness (QED) is 0.328. The van der Waals surface area contributed by atoms with Gasteiger partial charge < -0.3 is 19.3 Å². The van der Waals surface area contributed by atoms with E-state index in [0.29, 0.717) is 17.2 Å². The Morgan fingerprint density at radius 1 is 1.08 bits per heavy atom. The highest BCUT2D eigenvalue weighted by molar-refractivity contribution is 7.19. The lowest BCUT2D eigenvalue weighted by Crippen LogP contribution is -2.22. The van der Waals surface area contributed by atoms with Crippen molar-refractivity contribution >= 4 is 38.9 Å². The van der Waals surface area contributed by atoms with Crippen LogP contribution in [0, 0.1) is 6.92 Å². The maximum Gasteiger partial charge on any atom is 0.417 e. The van der Waals surface area contributed by atoms with Crippen molar-refractivity contribution < 1.29 is 14.3 Å². The second-order valence-corrected chi connectivity index (χ2v) is 10.1. The fraction of sp³-hybridized carbons (Fsp3) is 0.296. The van der Waals surface area contributed by atoms with Crippen LogP contribution >= 0.6 is 11.3 Å². The fourth-order valence-corrected chi connectivity index (χ4v) is 5.05. The summed E-state index contributed by atoms with van der Waals surface area (Å²) in [6.45, 7) is 3.74. The number of methoxy groups -OCH3 is 1. The Bertz CT molecular complexity index is 1350. The molecule has 9 heteroatoms. The number of aromatic nitrogens is 2. The van der Waals surface area contributed by atoms with E-state index in [0.717, 1.165) is 36.3 Å². The van der Waals surface area contributed by atoms with Gasteiger partial charge in [-0.3, -0.25) is 5.32 Å². The Kier molecular flexibility index (Phi) is 8.02. The maximum absolute atomic E-state index is 12.5. The van der Waals surface area contributed by atoms with Crippen LogP contribution in [0.4, 0.5) is 16.2 Å². The normalized spacial score (nSPS) is 11.1. The molecule has 0 spiro atoms. The van der Waals surface area contributed by atoms with E-state index in [4.69, 9.17) is 9.47 Å². The Labute approximate surface area is 215 Å². The molecule has 2 heterocycles. The van der Waals surface area contributed by atoms with Gasteiger partial charge in [0.1, 0.15) is 11.5 Å². The third-order valence-corrected chi connectivity index (χ3v) is 7.00. The van der Waals surface area contributed by atoms with Crippen LogP contribution in [-0.4, -0.2) is 56.0 Å². The molecule has 0 atom stereocenters. The SMILES string of the molecule is COc1cccc(OC(=O)Nc2ccc3sc(C)c(CCN(C)Cc4cc(N(C)C)cnn4)c3c2)c1. The van der Waals surface area contributed by atoms with E-state index in [1.54, 1.807) is 48.9 Å². The summed E-state index contributed by atoms with van der Waals surface area (Å²) in [5, 5.41) is 12.4. The number of ether oxygens (including phenoxy) is 2. The summed E-state index contributed by atoms with van der Waals surface area (Å²) < 4.78 is 11.8. The Morgan fingerprint density at radius 2 is 1.89 bits per heavy atom. The second-order valence-electron chi connectivity index (χ2n) is 8.83. The number of benzene rings is 2. The maximum atomic E-state index is 12.5. The summed E-state index contributed by atoms with van der Waals surface area (Å²) in [6.07, 6.45) is 2.11. The topological polar surface area (TPSA) is 79.8 Å². The minimum Gasteiger partial charge on any atom is -0.497 e. The van der Waals surface area contributed by atoms with Gasteiger partial charge in [0.25, 0.3) is 0 Å². The number of amides is 1. The molecule has 0 unspecified atom stereocenters. The summed E-state index contributed by atoms with van der Waals surface area (Å²) in [6, 6.07) is 15.0. The zero-order valence-corrected chi connectivity index (χ0v) is 22.1. The zero-order chi connectivity index (χ0) is 25.7. The second kappa shape index (κ2) is 11.4. The van der Waals surface area contributed by atoms with E-state index in [1.807, 2.05) is 37.2 Å². The lowest BCUT2D eigenvalue weighted by atomic mass is 10.1. The largest absolute Gasteiger partial charge is 0.497 e. The number of anilines is 2. The number of nitrogens with zero attached hydrogens (tertiary/aromatic N) is 4. The standard InChI is InChI=1S/C27H31N5O3S/c1-18-24(11-12-32(4)17-20-13-21(31(2)3)16-28-30-20)25-14-19(9-10-26(25)36-18)29-27(33)35-23-8-6-7-22(15-23)34-5/h6-10,13-16H,11-12,17H2,1-5H3,(H,29,33). The predicted octanol–water partition coefficient (Wildman–Crippen LogP) is 5.36. The number of hydrogen-bond acceptors (Lipinski definition) is 8. The number of likely N-dealkylation sites (N-methyl/N-ethyl adjacent to an activating group) is 1. The number of carbonyl (C=O) groups is 1. The van der Waals surface area contributed by atoms with Gasteiger partial charge in [0, 0.05) is 48.5 Å². The van der Waals surface area contributed by atoms with E-state index in [1.165, 1.54) is 15.1 Å². The van der Waals surface area contributed by atoms with Gasteiger partial charge >= 0.3 is 6.09 Å². The number of rotatable bonds is 9. The molecule has 2 aromatic heterocycles. The molecule has 0 aliphatic carbocycles. The molecular weight excluding hydrogens is 474 g/mol. The van der Waals surface area contributed by atoms with Crippen LogP contribution in [0.15, 0.2) is 54.7 Å². The predicted molar refractivity (Wildman–Crippen MR) is 146 cm³/mol. The highest BCUT2D eigenvalue weighted by Gasteiger charge is 2.13. The Balaban J connectivity index is 1.42. The van der Waals surface area contributed by atoms with Crippen LogP contribution in [0.3, 0.4) is 0 Å². The smallest absolute Gasteiger partial charge is 0.417 e. The zero-order valence-electron chi connectivity index (χ0n) is 21.2. The van der Waals surface area contributed by atoms with Crippen LogP contribution in [0.2, 0.25) is 0 Å². The molecule has 1 N–H and O–H groups in total. The number of nitrogens with one attached hydrogen (secondary N) is 1. The summed E-state index contributed by atoms with van der Waals surface area (Å²) in [7, 11) is 7.66. The molecule has 2 aromatic carbocycles. The van der Waals surface area contributed by atoms with Crippen molar-refractivity contribution in [1.29, 1.82) is 0 Å². The molecular formula is C27H31N5O3S. The first kappa shape index (κ1) is 25.4. The Morgan fingerprint density at radius 3 is 2.67 bits per heavy atom. The summed E-state index contributed by atoms with van der Waals surface area (Å²) in [5.41, 5.74) is 3.97. The van der Waals surface area contributed by atoms with E-state index < -0.39 is 6.09 Å². The minimum absolute atomic E-state index is 0.420. The van der Waals surface area contributed by atoms with Crippen molar-refractivity contribution in [3.05, 3.63) is 70.9 Å². The molecule has 1 amide bonds. The van der Waals surface area contributed by atoms with Gasteiger partial charge in [-0.2, -0.15) is 10.2 Å². The monoisotopic (exact) mass is 505 g/mol. The van der Waals surface area contributed by atoms with Gasteiger partial charge in [-0.25, -0.2) is 4.79 Å². The number of hydrogen-bond donors (Lipinski definition) is 1. The minimum atomic E-state index is -0.545. The molecule has 0 bridgehead atoms. The molecule has 0 fully saturated rings. The molecule has 0 aliphatic rings. The molecule has 4 aromatic rings. The van der Waals surface area contributed by atoms with Crippen molar-refractivity contribution in [3.63, 3.8) is 0 Å². The van der Waals surface area contributed by atoms with Crippen molar-refractivity contribution in [2.75, 3.05) is 45.0 Å². The summed E-state index contributed by atoms with van der Waals surface area (Å²) in [4.78, 5) is 18.0. The van der Waals surface area contributed by atoms with Gasteiger partial charge in [0.15, 0.2) is 0 Å². The molecule has 0 saturated heterocycles. The molecule has 0 radical (unpaired) electrons. The molecule has 0 aliphatic heterocycles. The van der Waals surface area contributed by atoms with Crippen molar-refractivity contribution in [2.45, 2.75) is 19.9 Å². The highest BCUT2D eigenvalue weighted by Crippen LogP contribution is 2.33. The number of thiophene rings is 1. The van der Waals surface area contributed by atoms with Gasteiger partial charge in [-0.15, -0.1) is 11.3 Å². The lowest BCUT2D eigenvalue weighted by Gasteiger charge is -2.17. The highest BCUT2D eigenvalue weighted by atomic mass is 32.1. The van der Waals surface area contributed by atoms with Crippen LogP contribution in [-0.2, 0) is 13.0 Å². The van der Waals surface area contributed by atoms with Crippen molar-refractivity contribution in [1.82, 2.24) is 15.1 Å². The molecule has 4 rings (SSSR count). The van der Waals surface area contributed by atoms with Crippen LogP contribution in [0.1, 0.15) is 16.1 Å². The van der Waals surface area contributed by atoms with Crippen LogP contribution < -0.4 is 19.7 Å². The number of carbonyl (C=O) groups excluding carboxylic acids is 1. The van der Waals surface area contributed by atoms with Crippen molar-refractivity contribution in [2.24, 2.45) is 0 Å². The van der Waals surface area contributed by atoms with Gasteiger partial charge in [-0.1, -0.05) is 6.07 Å². The third-order valence-electron chi connectivity index (χ3n) is 5.87. The molecule has 188 valence electrons. The van der Waals surface area contributed by atoms with E-state index in [-0.39, 0.29) is 0 Å². The van der Waals surface area contributed by atoms with Crippen molar-refractivity contribution in [3.8, 4) is 11.5 Å². The average molecular weight is 506 g/mol. The number of aryl methyl sites for hydroxylation is 1. The van der Waals surface area contributed by atoms with Gasteiger partial charge in [-0.05, 0) is 67.7 Å². The first-order valence-corrected chi connectivity index (χ1v) is 12.5. The summed E-state index contributed by atoms with van der Waals surface area (Å²) in [5.74, 6) is 1.05. The van der Waals surface area contributed by atoms with Crippen LogP contribution in [0.25, 0.3) is 10.1 Å². The van der Waals surface area contributed by atoms with Gasteiger partial charge in [0.05, 0.1) is 24.7 Å². The van der Waals surface area contributed by atoms with E-state index in [9.17, 15) is 4.79 Å². The fourth-order valence-electron chi connectivity index (χ4n) is 3.95.